The standard InChI is InChI=1S/C18H17ClN4O4/c1-21-13(24)8-11(14-16(21)22(2)18(27)23(3)17(14)26)15(25)20-9-10-6-4-5-7-12(10)19/h4-8H,9H2,1-3H3,(H,20,25). The molecule has 2 aromatic heterocycles. The average molecular weight is 389 g/mol. The van der Waals surface area contributed by atoms with Gasteiger partial charge in [-0.3, -0.25) is 28.1 Å². The van der Waals surface area contributed by atoms with Crippen LogP contribution in [0.2, 0.25) is 5.02 Å². The molecule has 9 heteroatoms. The van der Waals surface area contributed by atoms with Crippen molar-refractivity contribution in [2.75, 3.05) is 0 Å². The molecule has 0 bridgehead atoms. The fourth-order valence-corrected chi connectivity index (χ4v) is 3.15. The molecule has 0 saturated heterocycles. The molecule has 2 heterocycles. The number of aromatic nitrogens is 3. The van der Waals surface area contributed by atoms with Gasteiger partial charge in [0, 0.05) is 38.8 Å². The summed E-state index contributed by atoms with van der Waals surface area (Å²) >= 11 is 6.08. The number of carbonyl (C=O) groups is 1. The van der Waals surface area contributed by atoms with Crippen LogP contribution in [0.15, 0.2) is 44.7 Å². The van der Waals surface area contributed by atoms with Gasteiger partial charge in [0.25, 0.3) is 17.0 Å². The van der Waals surface area contributed by atoms with Gasteiger partial charge in [-0.05, 0) is 11.6 Å². The molecule has 1 amide bonds. The number of pyridine rings is 1. The Hall–Kier alpha value is -3.13. The van der Waals surface area contributed by atoms with Gasteiger partial charge in [-0.15, -0.1) is 0 Å². The normalized spacial score (nSPS) is 11.0. The van der Waals surface area contributed by atoms with E-state index in [2.05, 4.69) is 5.32 Å². The minimum atomic E-state index is -0.647. The van der Waals surface area contributed by atoms with Crippen molar-refractivity contribution in [3.05, 3.63) is 77.7 Å². The summed E-state index contributed by atoms with van der Waals surface area (Å²) in [4.78, 5) is 49.9. The highest BCUT2D eigenvalue weighted by atomic mass is 35.5. The molecule has 1 aromatic carbocycles. The van der Waals surface area contributed by atoms with Crippen LogP contribution in [0.5, 0.6) is 0 Å². The molecule has 0 aliphatic rings. The monoisotopic (exact) mass is 388 g/mol. The van der Waals surface area contributed by atoms with E-state index in [1.807, 2.05) is 0 Å². The van der Waals surface area contributed by atoms with Crippen LogP contribution in [0.4, 0.5) is 0 Å². The lowest BCUT2D eigenvalue weighted by molar-refractivity contribution is 0.0952. The molecule has 0 atom stereocenters. The van der Waals surface area contributed by atoms with Gasteiger partial charge in [-0.1, -0.05) is 29.8 Å². The lowest BCUT2D eigenvalue weighted by Crippen LogP contribution is -2.41. The molecular formula is C18H17ClN4O4. The Morgan fingerprint density at radius 3 is 2.37 bits per heavy atom. The van der Waals surface area contributed by atoms with E-state index in [4.69, 9.17) is 11.6 Å². The number of halogens is 1. The quantitative estimate of drug-likeness (QED) is 0.707. The van der Waals surface area contributed by atoms with E-state index in [0.717, 1.165) is 10.6 Å². The third-order valence-corrected chi connectivity index (χ3v) is 4.83. The largest absolute Gasteiger partial charge is 0.348 e. The number of aryl methyl sites for hydroxylation is 2. The van der Waals surface area contributed by atoms with Crippen molar-refractivity contribution in [3.63, 3.8) is 0 Å². The van der Waals surface area contributed by atoms with Gasteiger partial charge in [-0.2, -0.15) is 0 Å². The number of benzene rings is 1. The molecule has 27 heavy (non-hydrogen) atoms. The van der Waals surface area contributed by atoms with Gasteiger partial charge in [0.05, 0.1) is 10.9 Å². The maximum absolute atomic E-state index is 12.7. The fraction of sp³-hybridized carbons (Fsp3) is 0.222. The summed E-state index contributed by atoms with van der Waals surface area (Å²) in [5.41, 5.74) is -1.05. The van der Waals surface area contributed by atoms with Crippen molar-refractivity contribution in [3.8, 4) is 0 Å². The van der Waals surface area contributed by atoms with E-state index in [9.17, 15) is 19.2 Å². The van der Waals surface area contributed by atoms with Crippen LogP contribution in [0.1, 0.15) is 15.9 Å². The highest BCUT2D eigenvalue weighted by Crippen LogP contribution is 2.15. The molecule has 0 spiro atoms. The summed E-state index contributed by atoms with van der Waals surface area (Å²) in [5.74, 6) is -0.603. The molecule has 0 aliphatic heterocycles. The van der Waals surface area contributed by atoms with Gasteiger partial charge >= 0.3 is 5.69 Å². The molecule has 0 radical (unpaired) electrons. The van der Waals surface area contributed by atoms with Crippen molar-refractivity contribution in [2.24, 2.45) is 21.1 Å². The summed E-state index contributed by atoms with van der Waals surface area (Å²) in [6.45, 7) is 0.126. The molecule has 0 unspecified atom stereocenters. The maximum Gasteiger partial charge on any atom is 0.332 e. The van der Waals surface area contributed by atoms with Gasteiger partial charge in [0.15, 0.2) is 0 Å². The molecule has 0 fully saturated rings. The first-order valence-electron chi connectivity index (χ1n) is 8.05. The molecule has 8 nitrogen and oxygen atoms in total. The Morgan fingerprint density at radius 1 is 1.04 bits per heavy atom. The predicted octanol–water partition coefficient (Wildman–Crippen LogP) is 0.519. The minimum absolute atomic E-state index is 0.00152. The fourth-order valence-electron chi connectivity index (χ4n) is 2.95. The van der Waals surface area contributed by atoms with Crippen molar-refractivity contribution in [1.82, 2.24) is 19.0 Å². The molecule has 3 aromatic rings. The third-order valence-electron chi connectivity index (χ3n) is 4.46. The number of fused-ring (bicyclic) bond motifs is 1. The van der Waals surface area contributed by atoms with Crippen molar-refractivity contribution < 1.29 is 4.79 Å². The minimum Gasteiger partial charge on any atom is -0.348 e. The lowest BCUT2D eigenvalue weighted by atomic mass is 10.1. The zero-order valence-corrected chi connectivity index (χ0v) is 15.7. The molecule has 0 saturated carbocycles. The Balaban J connectivity index is 2.17. The maximum atomic E-state index is 12.7. The third kappa shape index (κ3) is 3.08. The van der Waals surface area contributed by atoms with Crippen LogP contribution < -0.4 is 22.1 Å². The van der Waals surface area contributed by atoms with E-state index < -0.39 is 22.7 Å². The first-order valence-corrected chi connectivity index (χ1v) is 8.43. The van der Waals surface area contributed by atoms with Crippen LogP contribution in [0.25, 0.3) is 11.0 Å². The average Bonchev–Trinajstić information content (AvgIpc) is 2.65. The van der Waals surface area contributed by atoms with Crippen LogP contribution in [0, 0.1) is 0 Å². The first-order chi connectivity index (χ1) is 12.7. The number of nitrogens with zero attached hydrogens (tertiary/aromatic N) is 3. The number of carbonyl (C=O) groups excluding carboxylic acids is 1. The number of hydrogen-bond donors (Lipinski definition) is 1. The van der Waals surface area contributed by atoms with Gasteiger partial charge in [0.2, 0.25) is 0 Å². The smallest absolute Gasteiger partial charge is 0.332 e. The van der Waals surface area contributed by atoms with Gasteiger partial charge < -0.3 is 5.32 Å². The molecule has 3 rings (SSSR count). The zero-order chi connectivity index (χ0) is 19.9. The van der Waals surface area contributed by atoms with Crippen molar-refractivity contribution in [1.29, 1.82) is 0 Å². The second-order valence-corrected chi connectivity index (χ2v) is 6.54. The summed E-state index contributed by atoms with van der Waals surface area (Å²) in [7, 11) is 4.20. The summed E-state index contributed by atoms with van der Waals surface area (Å²) < 4.78 is 3.24. The van der Waals surface area contributed by atoms with E-state index >= 15 is 0 Å². The van der Waals surface area contributed by atoms with Crippen LogP contribution in [-0.2, 0) is 27.7 Å². The number of rotatable bonds is 3. The van der Waals surface area contributed by atoms with E-state index in [-0.39, 0.29) is 23.1 Å². The van der Waals surface area contributed by atoms with Crippen LogP contribution >= 0.6 is 11.6 Å². The summed E-state index contributed by atoms with van der Waals surface area (Å²) in [6, 6.07) is 8.10. The molecule has 0 aliphatic carbocycles. The van der Waals surface area contributed by atoms with E-state index in [1.54, 1.807) is 24.3 Å². The Kier molecular flexibility index (Phi) is 4.75. The van der Waals surface area contributed by atoms with E-state index in [1.165, 1.54) is 30.3 Å². The second kappa shape index (κ2) is 6.88. The zero-order valence-electron chi connectivity index (χ0n) is 14.9. The highest BCUT2D eigenvalue weighted by Gasteiger charge is 2.20. The van der Waals surface area contributed by atoms with Gasteiger partial charge in [-0.25, -0.2) is 4.79 Å². The SMILES string of the molecule is Cn1c(=O)c2c(C(=O)NCc3ccccc3Cl)cc(=O)n(C)c2n(C)c1=O. The molecule has 140 valence electrons. The number of hydrogen-bond acceptors (Lipinski definition) is 4. The second-order valence-electron chi connectivity index (χ2n) is 6.13. The van der Waals surface area contributed by atoms with E-state index in [0.29, 0.717) is 10.6 Å². The molecular weight excluding hydrogens is 372 g/mol. The predicted molar refractivity (Wildman–Crippen MR) is 102 cm³/mol. The summed E-state index contributed by atoms with van der Waals surface area (Å²) in [6.07, 6.45) is 0. The van der Waals surface area contributed by atoms with Crippen molar-refractivity contribution in [2.45, 2.75) is 6.54 Å². The summed E-state index contributed by atoms with van der Waals surface area (Å²) in [5, 5.41) is 3.16. The number of amides is 1. The van der Waals surface area contributed by atoms with Gasteiger partial charge in [0.1, 0.15) is 5.65 Å². The topological polar surface area (TPSA) is 95.1 Å². The van der Waals surface area contributed by atoms with Crippen LogP contribution in [0.3, 0.4) is 0 Å². The number of nitrogens with one attached hydrogen (secondary N) is 1. The first kappa shape index (κ1) is 18.7. The van der Waals surface area contributed by atoms with Crippen LogP contribution in [-0.4, -0.2) is 19.6 Å². The Morgan fingerprint density at radius 2 is 1.70 bits per heavy atom. The highest BCUT2D eigenvalue weighted by molar-refractivity contribution is 6.31. The van der Waals surface area contributed by atoms with Crippen molar-refractivity contribution >= 4 is 28.5 Å². The Labute approximate surface area is 158 Å². The Bertz CT molecular complexity index is 1250. The molecule has 1 N–H and O–H groups in total. The lowest BCUT2D eigenvalue weighted by Gasteiger charge is -2.14.